The van der Waals surface area contributed by atoms with Crippen molar-refractivity contribution in [1.82, 2.24) is 0 Å². The summed E-state index contributed by atoms with van der Waals surface area (Å²) in [5, 5.41) is 2.56. The molecule has 0 bridgehead atoms. The topological polar surface area (TPSA) is 3.24 Å². The average Bonchev–Trinajstić information content (AvgIpc) is 3.98. The molecule has 0 unspecified atom stereocenters. The molecule has 63 heavy (non-hydrogen) atoms. The molecule has 10 aromatic carbocycles. The highest BCUT2D eigenvalue weighted by Gasteiger charge is 2.51. The monoisotopic (exact) mass is 817 g/mol. The second kappa shape index (κ2) is 14.1. The van der Waals surface area contributed by atoms with Crippen LogP contribution in [-0.2, 0) is 5.41 Å². The molecular weight excluding hydrogens is 779 g/mol. The van der Waals surface area contributed by atoms with Crippen LogP contribution in [0, 0.1) is 0 Å². The van der Waals surface area contributed by atoms with E-state index in [1.54, 1.807) is 0 Å². The van der Waals surface area contributed by atoms with Gasteiger partial charge in [-0.2, -0.15) is 0 Å². The molecule has 1 nitrogen and oxygen atoms in total. The maximum Gasteiger partial charge on any atom is 0.0726 e. The van der Waals surface area contributed by atoms with Gasteiger partial charge in [0.2, 0.25) is 0 Å². The first kappa shape index (κ1) is 35.9. The van der Waals surface area contributed by atoms with Gasteiger partial charge in [-0.1, -0.05) is 194 Å². The molecule has 0 saturated carbocycles. The molecule has 0 saturated heterocycles. The van der Waals surface area contributed by atoms with Crippen molar-refractivity contribution in [3.05, 3.63) is 259 Å². The molecular formula is C61H39NS. The minimum atomic E-state index is -0.469. The molecule has 2 aliphatic carbocycles. The Labute approximate surface area is 371 Å². The van der Waals surface area contributed by atoms with Crippen LogP contribution in [0.5, 0.6) is 0 Å². The van der Waals surface area contributed by atoms with E-state index in [2.05, 4.69) is 241 Å². The lowest BCUT2D eigenvalue weighted by atomic mass is 9.70. The minimum Gasteiger partial charge on any atom is -0.310 e. The first-order valence-electron chi connectivity index (χ1n) is 21.8. The zero-order valence-corrected chi connectivity index (χ0v) is 35.2. The summed E-state index contributed by atoms with van der Waals surface area (Å²) in [6.45, 7) is 0. The van der Waals surface area contributed by atoms with Crippen molar-refractivity contribution >= 4 is 48.6 Å². The highest BCUT2D eigenvalue weighted by atomic mass is 32.1. The normalized spacial score (nSPS) is 12.9. The molecule has 1 heterocycles. The third-order valence-electron chi connectivity index (χ3n) is 13.5. The predicted molar refractivity (Wildman–Crippen MR) is 267 cm³/mol. The summed E-state index contributed by atoms with van der Waals surface area (Å²) in [4.78, 5) is 2.54. The van der Waals surface area contributed by atoms with E-state index in [0.29, 0.717) is 0 Å². The first-order chi connectivity index (χ1) is 31.3. The molecule has 1 aromatic heterocycles. The van der Waals surface area contributed by atoms with E-state index in [1.807, 2.05) is 11.3 Å². The van der Waals surface area contributed by atoms with E-state index >= 15 is 0 Å². The van der Waals surface area contributed by atoms with Crippen LogP contribution in [0.25, 0.3) is 75.8 Å². The van der Waals surface area contributed by atoms with Crippen molar-refractivity contribution in [3.63, 3.8) is 0 Å². The summed E-state index contributed by atoms with van der Waals surface area (Å²) in [5.74, 6) is 0. The van der Waals surface area contributed by atoms with Gasteiger partial charge in [0.15, 0.2) is 0 Å². The van der Waals surface area contributed by atoms with Crippen molar-refractivity contribution in [2.75, 3.05) is 4.90 Å². The Morgan fingerprint density at radius 3 is 1.44 bits per heavy atom. The smallest absolute Gasteiger partial charge is 0.0726 e. The van der Waals surface area contributed by atoms with Crippen LogP contribution in [0.4, 0.5) is 17.1 Å². The second-order valence-electron chi connectivity index (χ2n) is 16.7. The van der Waals surface area contributed by atoms with Gasteiger partial charge in [-0.05, 0) is 115 Å². The van der Waals surface area contributed by atoms with Crippen molar-refractivity contribution in [1.29, 1.82) is 0 Å². The first-order valence-corrected chi connectivity index (χ1v) is 22.6. The van der Waals surface area contributed by atoms with Crippen LogP contribution < -0.4 is 4.90 Å². The van der Waals surface area contributed by atoms with Gasteiger partial charge >= 0.3 is 0 Å². The lowest BCUT2D eigenvalue weighted by molar-refractivity contribution is 0.793. The molecule has 0 aliphatic heterocycles. The van der Waals surface area contributed by atoms with Crippen LogP contribution in [0.3, 0.4) is 0 Å². The van der Waals surface area contributed by atoms with Gasteiger partial charge < -0.3 is 4.90 Å². The summed E-state index contributed by atoms with van der Waals surface area (Å²) < 4.78 is 2.59. The standard InChI is InChI=1S/C61H39NS/c1-3-18-40(19-4-1)44-22-7-8-27-51(44)60-45(41-20-5-2-6-21-41)28-17-32-57(60)62(42-35-37-59-52(38-42)50-26-12-16-33-58(50)63-59)43-34-36-49-48-25-11-15-31-55(48)61(56(49)39-43)53-29-13-9-23-46(53)47-24-10-14-30-54(47)61/h1-39H. The Morgan fingerprint density at radius 1 is 0.302 bits per heavy atom. The second-order valence-corrected chi connectivity index (χ2v) is 17.8. The molecule has 1 spiro atoms. The van der Waals surface area contributed by atoms with Crippen molar-refractivity contribution in [2.24, 2.45) is 0 Å². The largest absolute Gasteiger partial charge is 0.310 e. The van der Waals surface area contributed by atoms with Crippen molar-refractivity contribution in [2.45, 2.75) is 5.41 Å². The molecule has 0 N–H and O–H groups in total. The molecule has 0 amide bonds. The van der Waals surface area contributed by atoms with Gasteiger partial charge in [0.05, 0.1) is 11.1 Å². The number of hydrogen-bond donors (Lipinski definition) is 0. The molecule has 2 aliphatic rings. The fourth-order valence-corrected chi connectivity index (χ4v) is 12.0. The lowest BCUT2D eigenvalue weighted by Gasteiger charge is -2.33. The Balaban J connectivity index is 1.14. The Hall–Kier alpha value is -7.78. The highest BCUT2D eigenvalue weighted by molar-refractivity contribution is 7.25. The maximum absolute atomic E-state index is 2.54. The summed E-state index contributed by atoms with van der Waals surface area (Å²) in [6, 6.07) is 88.0. The molecule has 294 valence electrons. The van der Waals surface area contributed by atoms with Crippen LogP contribution in [0.2, 0.25) is 0 Å². The summed E-state index contributed by atoms with van der Waals surface area (Å²) >= 11 is 1.86. The van der Waals surface area contributed by atoms with E-state index in [0.717, 1.165) is 17.1 Å². The number of nitrogens with zero attached hydrogens (tertiary/aromatic N) is 1. The summed E-state index contributed by atoms with van der Waals surface area (Å²) in [7, 11) is 0. The molecule has 0 fully saturated rings. The van der Waals surface area contributed by atoms with Gasteiger partial charge in [-0.25, -0.2) is 0 Å². The maximum atomic E-state index is 2.54. The molecule has 0 radical (unpaired) electrons. The molecule has 0 atom stereocenters. The van der Waals surface area contributed by atoms with Crippen LogP contribution in [0.15, 0.2) is 237 Å². The fraction of sp³-hybridized carbons (Fsp3) is 0.0164. The average molecular weight is 818 g/mol. The van der Waals surface area contributed by atoms with Gasteiger partial charge in [-0.15, -0.1) is 11.3 Å². The van der Waals surface area contributed by atoms with E-state index in [9.17, 15) is 0 Å². The number of hydrogen-bond acceptors (Lipinski definition) is 2. The summed E-state index contributed by atoms with van der Waals surface area (Å²) in [6.07, 6.45) is 0. The van der Waals surface area contributed by atoms with E-state index in [4.69, 9.17) is 0 Å². The Kier molecular flexibility index (Phi) is 8.06. The van der Waals surface area contributed by atoms with Gasteiger partial charge in [0.25, 0.3) is 0 Å². The number of benzene rings is 10. The quantitative estimate of drug-likeness (QED) is 0.162. The van der Waals surface area contributed by atoms with Crippen LogP contribution >= 0.6 is 11.3 Å². The molecule has 13 rings (SSSR count). The number of thiophene rings is 1. The van der Waals surface area contributed by atoms with Crippen LogP contribution in [0.1, 0.15) is 22.3 Å². The number of rotatable bonds is 6. The highest BCUT2D eigenvalue weighted by Crippen LogP contribution is 2.63. The minimum absolute atomic E-state index is 0.469. The SMILES string of the molecule is c1ccc(-c2ccccc2-c2c(-c3ccccc3)cccc2N(c2ccc3c(c2)C2(c4ccccc4-c4ccccc42)c2ccccc2-3)c2ccc3sc4ccccc4c3c2)cc1. The zero-order valence-electron chi connectivity index (χ0n) is 34.4. The lowest BCUT2D eigenvalue weighted by Crippen LogP contribution is -2.26. The summed E-state index contributed by atoms with van der Waals surface area (Å²) in [5.41, 5.74) is 20.6. The number of fused-ring (bicyclic) bond motifs is 13. The Bertz CT molecular complexity index is 3520. The van der Waals surface area contributed by atoms with E-state index in [-0.39, 0.29) is 0 Å². The third kappa shape index (κ3) is 5.29. The zero-order chi connectivity index (χ0) is 41.5. The number of anilines is 3. The van der Waals surface area contributed by atoms with Gasteiger partial charge in [0.1, 0.15) is 0 Å². The van der Waals surface area contributed by atoms with Gasteiger partial charge in [-0.3, -0.25) is 0 Å². The Morgan fingerprint density at radius 2 is 0.778 bits per heavy atom. The molecule has 11 aromatic rings. The van der Waals surface area contributed by atoms with E-state index < -0.39 is 5.41 Å². The van der Waals surface area contributed by atoms with Crippen LogP contribution in [-0.4, -0.2) is 0 Å². The predicted octanol–water partition coefficient (Wildman–Crippen LogP) is 16.9. The van der Waals surface area contributed by atoms with Gasteiger partial charge in [0, 0.05) is 37.1 Å². The van der Waals surface area contributed by atoms with Crippen molar-refractivity contribution in [3.8, 4) is 55.6 Å². The molecule has 2 heteroatoms. The third-order valence-corrected chi connectivity index (χ3v) is 14.7. The van der Waals surface area contributed by atoms with E-state index in [1.165, 1.54) is 98.1 Å². The van der Waals surface area contributed by atoms with Crippen molar-refractivity contribution < 1.29 is 0 Å². The fourth-order valence-electron chi connectivity index (χ4n) is 10.9.